The number of amides is 1. The first-order valence-corrected chi connectivity index (χ1v) is 10.1. The number of hydrogen-bond acceptors (Lipinski definition) is 5. The summed E-state index contributed by atoms with van der Waals surface area (Å²) in [6, 6.07) is 11.5. The Hall–Kier alpha value is -3.72. The minimum absolute atomic E-state index is 0.129. The van der Waals surface area contributed by atoms with Crippen LogP contribution in [0.3, 0.4) is 0 Å². The van der Waals surface area contributed by atoms with Crippen molar-refractivity contribution in [3.63, 3.8) is 0 Å². The Balaban J connectivity index is 1.34. The molecule has 0 aliphatic carbocycles. The van der Waals surface area contributed by atoms with Gasteiger partial charge < -0.3 is 4.74 Å². The summed E-state index contributed by atoms with van der Waals surface area (Å²) in [5.41, 5.74) is 2.77. The Bertz CT molecular complexity index is 1250. The quantitative estimate of drug-likeness (QED) is 0.451. The van der Waals surface area contributed by atoms with E-state index in [2.05, 4.69) is 20.5 Å². The lowest BCUT2D eigenvalue weighted by molar-refractivity contribution is 0.101. The number of aromatic nitrogens is 5. The zero-order valence-corrected chi connectivity index (χ0v) is 18.2. The summed E-state index contributed by atoms with van der Waals surface area (Å²) in [5.74, 6) is 0.0192. The van der Waals surface area contributed by atoms with Crippen LogP contribution in [0.2, 0.25) is 5.02 Å². The molecule has 0 aliphatic rings. The van der Waals surface area contributed by atoms with Crippen molar-refractivity contribution >= 4 is 23.5 Å². The number of carbonyl (C=O) groups excluding carboxylic acids is 1. The Kier molecular flexibility index (Phi) is 6.18. The van der Waals surface area contributed by atoms with Gasteiger partial charge in [0, 0.05) is 11.2 Å². The number of aryl methyl sites for hydroxylation is 2. The smallest absolute Gasteiger partial charge is 0.278 e. The molecular formula is C22H20ClFN6O2. The first-order valence-electron chi connectivity index (χ1n) is 9.75. The number of nitrogens with one attached hydrogen (secondary N) is 1. The van der Waals surface area contributed by atoms with E-state index in [1.807, 2.05) is 26.0 Å². The van der Waals surface area contributed by atoms with Crippen molar-refractivity contribution in [3.05, 3.63) is 88.2 Å². The summed E-state index contributed by atoms with van der Waals surface area (Å²) in [6.07, 6.45) is 3.10. The Morgan fingerprint density at radius 1 is 1.12 bits per heavy atom. The first-order chi connectivity index (χ1) is 15.4. The van der Waals surface area contributed by atoms with E-state index in [-0.39, 0.29) is 24.2 Å². The van der Waals surface area contributed by atoms with Crippen LogP contribution in [0.1, 0.15) is 27.2 Å². The van der Waals surface area contributed by atoms with E-state index in [0.29, 0.717) is 17.3 Å². The van der Waals surface area contributed by atoms with Crippen molar-refractivity contribution in [2.75, 3.05) is 5.32 Å². The lowest BCUT2D eigenvalue weighted by atomic mass is 10.1. The number of carbonyl (C=O) groups is 1. The van der Waals surface area contributed by atoms with Gasteiger partial charge in [-0.3, -0.25) is 10.1 Å². The number of anilines is 1. The molecule has 0 unspecified atom stereocenters. The first kappa shape index (κ1) is 21.5. The molecule has 2 aromatic carbocycles. The number of ether oxygens (including phenoxy) is 1. The van der Waals surface area contributed by atoms with E-state index >= 15 is 0 Å². The zero-order chi connectivity index (χ0) is 22.7. The molecule has 0 aliphatic heterocycles. The topological polar surface area (TPSA) is 86.9 Å². The number of nitrogens with zero attached hydrogens (tertiary/aromatic N) is 5. The van der Waals surface area contributed by atoms with Gasteiger partial charge in [0.25, 0.3) is 5.91 Å². The summed E-state index contributed by atoms with van der Waals surface area (Å²) >= 11 is 6.18. The van der Waals surface area contributed by atoms with Crippen molar-refractivity contribution in [1.29, 1.82) is 0 Å². The average Bonchev–Trinajstić information content (AvgIpc) is 3.40. The van der Waals surface area contributed by atoms with Crippen LogP contribution in [0, 0.1) is 19.7 Å². The fourth-order valence-corrected chi connectivity index (χ4v) is 3.21. The maximum atomic E-state index is 13.3. The molecule has 32 heavy (non-hydrogen) atoms. The monoisotopic (exact) mass is 454 g/mol. The van der Waals surface area contributed by atoms with Crippen molar-refractivity contribution in [2.45, 2.75) is 27.1 Å². The summed E-state index contributed by atoms with van der Waals surface area (Å²) in [4.78, 5) is 16.5. The van der Waals surface area contributed by atoms with Gasteiger partial charge in [-0.15, -0.1) is 5.10 Å². The van der Waals surface area contributed by atoms with Gasteiger partial charge in [-0.1, -0.05) is 23.7 Å². The summed E-state index contributed by atoms with van der Waals surface area (Å²) in [7, 11) is 0. The lowest BCUT2D eigenvalue weighted by Gasteiger charge is -2.10. The molecule has 0 bridgehead atoms. The molecule has 0 atom stereocenters. The second-order valence-corrected chi connectivity index (χ2v) is 7.61. The second kappa shape index (κ2) is 9.19. The second-order valence-electron chi connectivity index (χ2n) is 7.23. The molecule has 0 saturated carbocycles. The maximum Gasteiger partial charge on any atom is 0.278 e. The van der Waals surface area contributed by atoms with Crippen molar-refractivity contribution in [2.24, 2.45) is 0 Å². The minimum atomic E-state index is -0.453. The van der Waals surface area contributed by atoms with Crippen LogP contribution in [0.15, 0.2) is 55.0 Å². The third kappa shape index (κ3) is 5.12. The third-order valence-electron chi connectivity index (χ3n) is 4.64. The summed E-state index contributed by atoms with van der Waals surface area (Å²) in [5, 5.41) is 11.7. The van der Waals surface area contributed by atoms with Gasteiger partial charge in [-0.25, -0.2) is 18.7 Å². The highest BCUT2D eigenvalue weighted by molar-refractivity contribution is 6.32. The minimum Gasteiger partial charge on any atom is -0.471 e. The molecule has 8 nitrogen and oxygen atoms in total. The van der Waals surface area contributed by atoms with Gasteiger partial charge in [-0.2, -0.15) is 5.10 Å². The molecule has 0 fully saturated rings. The van der Waals surface area contributed by atoms with Crippen LogP contribution >= 0.6 is 11.6 Å². The molecule has 4 aromatic rings. The number of rotatable bonds is 7. The number of benzene rings is 2. The van der Waals surface area contributed by atoms with Gasteiger partial charge in [0.1, 0.15) is 17.9 Å². The largest absolute Gasteiger partial charge is 0.471 e. The predicted octanol–water partition coefficient (Wildman–Crippen LogP) is 4.22. The van der Waals surface area contributed by atoms with Crippen LogP contribution < -0.4 is 10.1 Å². The van der Waals surface area contributed by atoms with Gasteiger partial charge in [0.2, 0.25) is 5.95 Å². The van der Waals surface area contributed by atoms with Crippen LogP contribution in [0.4, 0.5) is 10.3 Å². The molecular weight excluding hydrogens is 435 g/mol. The van der Waals surface area contributed by atoms with Crippen LogP contribution in [-0.4, -0.2) is 30.5 Å². The summed E-state index contributed by atoms with van der Waals surface area (Å²) in [6.45, 7) is 4.28. The van der Waals surface area contributed by atoms with Crippen LogP contribution in [-0.2, 0) is 13.3 Å². The van der Waals surface area contributed by atoms with Crippen molar-refractivity contribution in [3.8, 4) is 5.75 Å². The van der Waals surface area contributed by atoms with E-state index in [4.69, 9.17) is 16.3 Å². The van der Waals surface area contributed by atoms with Gasteiger partial charge >= 0.3 is 0 Å². The summed E-state index contributed by atoms with van der Waals surface area (Å²) < 4.78 is 22.1. The highest BCUT2D eigenvalue weighted by Gasteiger charge is 2.13. The number of hydrogen-bond donors (Lipinski definition) is 1. The van der Waals surface area contributed by atoms with Crippen molar-refractivity contribution < 1.29 is 13.9 Å². The van der Waals surface area contributed by atoms with Crippen LogP contribution in [0.5, 0.6) is 5.75 Å². The fraction of sp³-hybridized carbons (Fsp3) is 0.182. The number of halogens is 2. The molecule has 164 valence electrons. The molecule has 4 rings (SSSR count). The third-order valence-corrected chi connectivity index (χ3v) is 5.24. The van der Waals surface area contributed by atoms with Gasteiger partial charge in [-0.05, 0) is 60.9 Å². The molecule has 1 N–H and O–H groups in total. The average molecular weight is 455 g/mol. The molecule has 2 heterocycles. The van der Waals surface area contributed by atoms with E-state index in [1.165, 1.54) is 27.8 Å². The maximum absolute atomic E-state index is 13.3. The molecule has 0 radical (unpaired) electrons. The standard InChI is InChI=1S/C22H20ClFN6O2/c1-14-8-18(9-15(2)20(14)23)32-13-29-7-6-19(27-29)21(31)26-22-25-12-30(28-22)11-16-4-3-5-17(24)10-16/h3-10,12H,11,13H2,1-2H3,(H,26,28,31). The molecule has 0 spiro atoms. The Morgan fingerprint density at radius 2 is 1.91 bits per heavy atom. The van der Waals surface area contributed by atoms with Crippen molar-refractivity contribution in [1.82, 2.24) is 24.5 Å². The zero-order valence-electron chi connectivity index (χ0n) is 17.4. The SMILES string of the molecule is Cc1cc(OCn2ccc(C(=O)Nc3ncn(Cc4cccc(F)c4)n3)n2)cc(C)c1Cl. The molecule has 0 saturated heterocycles. The lowest BCUT2D eigenvalue weighted by Crippen LogP contribution is -2.15. The molecule has 10 heteroatoms. The van der Waals surface area contributed by atoms with E-state index in [9.17, 15) is 9.18 Å². The van der Waals surface area contributed by atoms with Crippen LogP contribution in [0.25, 0.3) is 0 Å². The Labute approximate surface area is 188 Å². The molecule has 2 aromatic heterocycles. The van der Waals surface area contributed by atoms with E-state index in [0.717, 1.165) is 16.7 Å². The predicted molar refractivity (Wildman–Crippen MR) is 117 cm³/mol. The Morgan fingerprint density at radius 3 is 2.66 bits per heavy atom. The molecule has 1 amide bonds. The highest BCUT2D eigenvalue weighted by Crippen LogP contribution is 2.26. The van der Waals surface area contributed by atoms with E-state index < -0.39 is 5.91 Å². The van der Waals surface area contributed by atoms with E-state index in [1.54, 1.807) is 24.4 Å². The fourth-order valence-electron chi connectivity index (χ4n) is 3.10. The normalized spacial score (nSPS) is 10.9. The highest BCUT2D eigenvalue weighted by atomic mass is 35.5. The van der Waals surface area contributed by atoms with Gasteiger partial charge in [0.15, 0.2) is 12.4 Å². The van der Waals surface area contributed by atoms with Gasteiger partial charge in [0.05, 0.1) is 6.54 Å².